The molecule has 0 aliphatic carbocycles. The van der Waals surface area contributed by atoms with Crippen LogP contribution in [-0.4, -0.2) is 0 Å². The molecule has 0 saturated heterocycles. The lowest BCUT2D eigenvalue weighted by atomic mass is 10.7. The summed E-state index contributed by atoms with van der Waals surface area (Å²) in [5.41, 5.74) is 0. The van der Waals surface area contributed by atoms with Gasteiger partial charge in [-0.2, -0.15) is 0 Å². The Labute approximate surface area is 87.9 Å². The zero-order valence-electron chi connectivity index (χ0n) is 7.22. The Bertz CT molecular complexity index is 243. The molecule has 0 aliphatic rings. The molecule has 1 rings (SSSR count). The zero-order chi connectivity index (χ0) is 10.6. The summed E-state index contributed by atoms with van der Waals surface area (Å²) >= 11 is 0. The van der Waals surface area contributed by atoms with Crippen LogP contribution >= 0.6 is 0 Å². The molecule has 0 fully saturated rings. The third-order valence-electron chi connectivity index (χ3n) is 0.804. The van der Waals surface area contributed by atoms with E-state index in [0.29, 0.717) is 0 Å². The van der Waals surface area contributed by atoms with E-state index < -0.39 is 0 Å². The summed E-state index contributed by atoms with van der Waals surface area (Å²) in [7, 11) is 0. The van der Waals surface area contributed by atoms with Gasteiger partial charge in [-0.1, -0.05) is 0 Å². The Hall–Kier alpha value is -3.24. The van der Waals surface area contributed by atoms with Gasteiger partial charge < -0.3 is 13.3 Å². The maximum absolute atomic E-state index is 4.47. The lowest BCUT2D eigenvalue weighted by Gasteiger charge is -1.50. The summed E-state index contributed by atoms with van der Waals surface area (Å²) in [6.07, 6.45) is 12.8. The highest BCUT2D eigenvalue weighted by Gasteiger charge is 1.46. The summed E-state index contributed by atoms with van der Waals surface area (Å²) in [4.78, 5) is 0. The predicted octanol–water partition coefficient (Wildman–Crippen LogP) is 1.44. The molecule has 15 heavy (non-hydrogen) atoms. The van der Waals surface area contributed by atoms with E-state index in [1.165, 1.54) is 0 Å². The molecule has 1 aromatic rings. The monoisotopic (exact) mass is 192 g/mol. The van der Waals surface area contributed by atoms with Crippen LogP contribution in [0.5, 0.6) is 0 Å². The van der Waals surface area contributed by atoms with Crippen molar-refractivity contribution >= 4 is 0 Å². The van der Waals surface area contributed by atoms with Crippen LogP contribution in [0.1, 0.15) is 0 Å². The molecule has 0 atom stereocenters. The lowest BCUT2D eigenvalue weighted by Crippen LogP contribution is -1.34. The Kier molecular flexibility index (Phi) is 4.86. The molecule has 0 aliphatic heterocycles. The number of hydrogen-bond acceptors (Lipinski definition) is 3. The summed E-state index contributed by atoms with van der Waals surface area (Å²) in [5.74, 6) is 0. The first kappa shape index (κ1) is 9.85. The van der Waals surface area contributed by atoms with E-state index in [9.17, 15) is 0 Å². The second-order valence-corrected chi connectivity index (χ2v) is 1.67. The fraction of sp³-hybridized carbons (Fsp3) is 0. The molecule has 0 bridgehead atoms. The van der Waals surface area contributed by atoms with Gasteiger partial charge in [0.05, 0.1) is 0 Å². The molecule has 0 saturated carbocycles. The highest BCUT2D eigenvalue weighted by molar-refractivity contribution is 4.57. The Morgan fingerprint density at radius 3 is 1.13 bits per heavy atom. The summed E-state index contributed by atoms with van der Waals surface area (Å²) in [6, 6.07) is 14.3. The molecule has 0 unspecified atom stereocenters. The van der Waals surface area contributed by atoms with E-state index in [1.807, 2.05) is 0 Å². The van der Waals surface area contributed by atoms with Crippen molar-refractivity contribution in [1.82, 2.24) is 0 Å². The molecule has 0 N–H and O–H groups in total. The SMILES string of the molecule is c1c#cc#coc#coc#coc#cc#1. The topological polar surface area (TPSA) is 39.4 Å². The van der Waals surface area contributed by atoms with Gasteiger partial charge in [-0.25, -0.2) is 0 Å². The molecular formula is C12O3. The second kappa shape index (κ2) is 7.41. The van der Waals surface area contributed by atoms with Crippen molar-refractivity contribution in [2.75, 3.05) is 0 Å². The van der Waals surface area contributed by atoms with E-state index in [0.717, 1.165) is 0 Å². The van der Waals surface area contributed by atoms with E-state index in [1.54, 1.807) is 0 Å². The van der Waals surface area contributed by atoms with Gasteiger partial charge in [0.25, 0.3) is 0 Å². The van der Waals surface area contributed by atoms with Gasteiger partial charge in [0.2, 0.25) is 0 Å². The molecule has 0 aromatic carbocycles. The van der Waals surface area contributed by atoms with Crippen LogP contribution in [0, 0.1) is 74.0 Å². The smallest absolute Gasteiger partial charge is 0.175 e. The van der Waals surface area contributed by atoms with Gasteiger partial charge in [-0.3, -0.25) is 0 Å². The fourth-order valence-electron chi connectivity index (χ4n) is 0.387. The van der Waals surface area contributed by atoms with Crippen LogP contribution < -0.4 is 0 Å². The largest absolute Gasteiger partial charge is 0.352 e. The molecule has 66 valence electrons. The maximum Gasteiger partial charge on any atom is 0.175 e. The summed E-state index contributed by atoms with van der Waals surface area (Å²) < 4.78 is 13.4. The first-order valence-corrected chi connectivity index (χ1v) is 3.47. The Morgan fingerprint density at radius 1 is 0.333 bits per heavy atom. The van der Waals surface area contributed by atoms with Crippen molar-refractivity contribution in [2.24, 2.45) is 0 Å². The van der Waals surface area contributed by atoms with Gasteiger partial charge in [0.1, 0.15) is 12.5 Å². The van der Waals surface area contributed by atoms with Crippen LogP contribution in [0.25, 0.3) is 0 Å². The van der Waals surface area contributed by atoms with Gasteiger partial charge in [0, 0.05) is 36.4 Å². The standard InChI is InChI=1S/C12O3/c1-2-4-6-8-14-10-12-15-11-9-13-7-5-3-1. The quantitative estimate of drug-likeness (QED) is 0.624. The molecule has 3 nitrogen and oxygen atoms in total. The molecule has 1 heterocycles. The van der Waals surface area contributed by atoms with Crippen molar-refractivity contribution in [1.29, 1.82) is 0 Å². The third-order valence-corrected chi connectivity index (χ3v) is 0.804. The van der Waals surface area contributed by atoms with E-state index >= 15 is 0 Å². The van der Waals surface area contributed by atoms with Crippen molar-refractivity contribution in [3.8, 4) is 0 Å². The Balaban J connectivity index is 3.01. The summed E-state index contributed by atoms with van der Waals surface area (Å²) in [5, 5.41) is 0. The average Bonchev–Trinajstić information content (AvgIpc) is 2.27. The third kappa shape index (κ3) is 5.97. The fourth-order valence-corrected chi connectivity index (χ4v) is 0.387. The molecule has 0 amide bonds. The lowest BCUT2D eigenvalue weighted by molar-refractivity contribution is 0.496. The minimum atomic E-state index is 2.10. The molecule has 0 radical (unpaired) electrons. The summed E-state index contributed by atoms with van der Waals surface area (Å²) in [6.45, 7) is 0. The minimum absolute atomic E-state index is 2.10. The average molecular weight is 192 g/mol. The van der Waals surface area contributed by atoms with Gasteiger partial charge in [-0.15, -0.1) is 0 Å². The normalized spacial score (nSPS) is 4.80. The van der Waals surface area contributed by atoms with Crippen LogP contribution in [0.2, 0.25) is 0 Å². The van der Waals surface area contributed by atoms with Crippen LogP contribution in [0.3, 0.4) is 0 Å². The highest BCUT2D eigenvalue weighted by atomic mass is 16.3. The van der Waals surface area contributed by atoms with E-state index in [2.05, 4.69) is 87.2 Å². The van der Waals surface area contributed by atoms with E-state index in [4.69, 9.17) is 0 Å². The minimum Gasteiger partial charge on any atom is -0.352 e. The first-order chi connectivity index (χ1) is 7.50. The maximum atomic E-state index is 4.47. The molecule has 0 spiro atoms. The highest BCUT2D eigenvalue weighted by Crippen LogP contribution is 1.57. The van der Waals surface area contributed by atoms with Crippen LogP contribution in [-0.2, 0) is 0 Å². The number of rotatable bonds is 0. The van der Waals surface area contributed by atoms with Crippen molar-refractivity contribution < 1.29 is 13.3 Å². The van der Waals surface area contributed by atoms with E-state index in [-0.39, 0.29) is 0 Å². The van der Waals surface area contributed by atoms with Gasteiger partial charge in [0.15, 0.2) is 25.1 Å². The van der Waals surface area contributed by atoms with Crippen molar-refractivity contribution in [3.05, 3.63) is 74.0 Å². The van der Waals surface area contributed by atoms with Gasteiger partial charge >= 0.3 is 0 Å². The van der Waals surface area contributed by atoms with Crippen molar-refractivity contribution in [3.63, 3.8) is 0 Å². The zero-order valence-corrected chi connectivity index (χ0v) is 7.22. The molecule has 1 aromatic heterocycles. The van der Waals surface area contributed by atoms with Crippen molar-refractivity contribution in [2.45, 2.75) is 0 Å². The molecular weight excluding hydrogens is 192 g/mol. The Morgan fingerprint density at radius 2 is 0.667 bits per heavy atom. The number of hydrogen-bond donors (Lipinski definition) is 0. The van der Waals surface area contributed by atoms with Crippen LogP contribution in [0.4, 0.5) is 0 Å². The predicted molar refractivity (Wildman–Crippen MR) is 42.2 cm³/mol. The molecule has 3 heteroatoms. The first-order valence-electron chi connectivity index (χ1n) is 3.47. The van der Waals surface area contributed by atoms with Gasteiger partial charge in [-0.05, 0) is 0 Å². The second-order valence-electron chi connectivity index (χ2n) is 1.67. The van der Waals surface area contributed by atoms with Crippen LogP contribution in [0.15, 0.2) is 13.3 Å².